The van der Waals surface area contributed by atoms with Gasteiger partial charge in [0, 0.05) is 23.5 Å². The quantitative estimate of drug-likeness (QED) is 0.579. The summed E-state index contributed by atoms with van der Waals surface area (Å²) in [5, 5.41) is 2.73. The van der Waals surface area contributed by atoms with Crippen molar-refractivity contribution in [3.8, 4) is 0 Å². The van der Waals surface area contributed by atoms with Gasteiger partial charge < -0.3 is 16.0 Å². The number of nitrogens with two attached hydrogens (primary N) is 1. The lowest BCUT2D eigenvalue weighted by Crippen LogP contribution is -2.34. The molecule has 3 aromatic carbocycles. The zero-order valence-electron chi connectivity index (χ0n) is 17.6. The van der Waals surface area contributed by atoms with Gasteiger partial charge in [-0.2, -0.15) is 0 Å². The average molecular weight is 463 g/mol. The second-order valence-corrected chi connectivity index (χ2v) is 9.93. The predicted octanol–water partition coefficient (Wildman–Crippen LogP) is 2.93. The topological polar surface area (TPSA) is 113 Å². The molecule has 0 aliphatic carbocycles. The summed E-state index contributed by atoms with van der Waals surface area (Å²) in [4.78, 5) is 27.1. The van der Waals surface area contributed by atoms with Gasteiger partial charge in [0.15, 0.2) is 0 Å². The molecule has 33 heavy (non-hydrogen) atoms. The Morgan fingerprint density at radius 2 is 1.73 bits per heavy atom. The molecule has 1 atom stereocenters. The van der Waals surface area contributed by atoms with Gasteiger partial charge in [-0.05, 0) is 53.9 Å². The number of carbonyl (C=O) groups is 2. The summed E-state index contributed by atoms with van der Waals surface area (Å²) >= 11 is 0. The van der Waals surface area contributed by atoms with Gasteiger partial charge in [0.1, 0.15) is 0 Å². The zero-order valence-corrected chi connectivity index (χ0v) is 18.5. The monoisotopic (exact) mass is 462 g/mol. The number of nitrogens with zero attached hydrogens (tertiary/aromatic N) is 2. The number of rotatable bonds is 4. The number of nitrogens with one attached hydrogen (secondary N) is 1. The van der Waals surface area contributed by atoms with Crippen LogP contribution in [0.25, 0.3) is 0 Å². The van der Waals surface area contributed by atoms with E-state index in [2.05, 4.69) is 5.32 Å². The van der Waals surface area contributed by atoms with Crippen LogP contribution in [-0.4, -0.2) is 37.8 Å². The molecule has 2 aliphatic rings. The van der Waals surface area contributed by atoms with Crippen LogP contribution >= 0.6 is 0 Å². The van der Waals surface area contributed by atoms with E-state index in [0.717, 1.165) is 15.4 Å². The predicted molar refractivity (Wildman–Crippen MR) is 124 cm³/mol. The van der Waals surface area contributed by atoms with Crippen LogP contribution in [0.15, 0.2) is 77.7 Å². The highest BCUT2D eigenvalue weighted by atomic mass is 32.2. The number of fused-ring (bicyclic) bond motifs is 1. The number of nitrogen functional groups attached to an aromatic ring is 1. The molecule has 2 aliphatic heterocycles. The lowest BCUT2D eigenvalue weighted by atomic mass is 10.1. The highest BCUT2D eigenvalue weighted by Gasteiger charge is 2.39. The van der Waals surface area contributed by atoms with Crippen molar-refractivity contribution in [2.24, 2.45) is 0 Å². The first-order valence-corrected chi connectivity index (χ1v) is 12.0. The van der Waals surface area contributed by atoms with Crippen LogP contribution in [-0.2, 0) is 16.4 Å². The maximum atomic E-state index is 13.4. The molecule has 3 N–H and O–H groups in total. The van der Waals surface area contributed by atoms with Gasteiger partial charge in [-0.1, -0.05) is 36.4 Å². The molecule has 168 valence electrons. The summed E-state index contributed by atoms with van der Waals surface area (Å²) in [6.45, 7) is 0.443. The summed E-state index contributed by atoms with van der Waals surface area (Å²) in [7, 11) is -4.10. The molecule has 0 radical (unpaired) electrons. The molecule has 5 rings (SSSR count). The molecule has 3 aromatic rings. The number of anilines is 2. The highest BCUT2D eigenvalue weighted by Crippen LogP contribution is 2.34. The molecule has 0 unspecified atom stereocenters. The lowest BCUT2D eigenvalue weighted by molar-refractivity contribution is 0.0989. The molecule has 0 aromatic heterocycles. The summed E-state index contributed by atoms with van der Waals surface area (Å²) in [5.41, 5.74) is 8.99. The van der Waals surface area contributed by atoms with Crippen LogP contribution in [0.4, 0.5) is 16.2 Å². The second-order valence-electron chi connectivity index (χ2n) is 8.07. The largest absolute Gasteiger partial charge is 0.399 e. The highest BCUT2D eigenvalue weighted by molar-refractivity contribution is 7.89. The van der Waals surface area contributed by atoms with Crippen LogP contribution in [0.3, 0.4) is 0 Å². The first-order chi connectivity index (χ1) is 15.8. The van der Waals surface area contributed by atoms with E-state index in [0.29, 0.717) is 29.9 Å². The first kappa shape index (κ1) is 21.0. The van der Waals surface area contributed by atoms with Crippen molar-refractivity contribution < 1.29 is 18.0 Å². The van der Waals surface area contributed by atoms with Gasteiger partial charge in [0.25, 0.3) is 15.9 Å². The van der Waals surface area contributed by atoms with Crippen LogP contribution in [0.5, 0.6) is 0 Å². The molecule has 0 spiro atoms. The summed E-state index contributed by atoms with van der Waals surface area (Å²) in [5.74, 6) is -0.230. The van der Waals surface area contributed by atoms with Gasteiger partial charge >= 0.3 is 6.03 Å². The maximum absolute atomic E-state index is 13.4. The molecular formula is C24H22N4O4S. The Balaban J connectivity index is 1.44. The smallest absolute Gasteiger partial charge is 0.331 e. The number of hydrogen-bond acceptors (Lipinski definition) is 5. The molecule has 1 saturated heterocycles. The third-order valence-corrected chi connectivity index (χ3v) is 7.76. The third-order valence-electron chi connectivity index (χ3n) is 6.02. The lowest BCUT2D eigenvalue weighted by Gasteiger charge is -2.20. The Morgan fingerprint density at radius 1 is 1.00 bits per heavy atom. The summed E-state index contributed by atoms with van der Waals surface area (Å²) in [6.07, 6.45) is 0.622. The number of amides is 3. The van der Waals surface area contributed by atoms with Crippen molar-refractivity contribution in [2.75, 3.05) is 23.7 Å². The minimum Gasteiger partial charge on any atom is -0.399 e. The van der Waals surface area contributed by atoms with E-state index in [4.69, 9.17) is 5.73 Å². The summed E-state index contributed by atoms with van der Waals surface area (Å²) in [6, 6.07) is 19.4. The number of sulfonamides is 1. The zero-order chi connectivity index (χ0) is 23.2. The fourth-order valence-corrected chi connectivity index (χ4v) is 5.61. The van der Waals surface area contributed by atoms with Gasteiger partial charge in [-0.3, -0.25) is 4.79 Å². The van der Waals surface area contributed by atoms with E-state index in [1.54, 1.807) is 35.2 Å². The molecule has 8 nitrogen and oxygen atoms in total. The Kier molecular flexibility index (Phi) is 5.05. The van der Waals surface area contributed by atoms with Crippen molar-refractivity contribution in [2.45, 2.75) is 17.4 Å². The second kappa shape index (κ2) is 7.93. The Labute approximate surface area is 191 Å². The van der Waals surface area contributed by atoms with E-state index in [9.17, 15) is 18.0 Å². The fraction of sp³-hybridized carbons (Fsp3) is 0.167. The minimum absolute atomic E-state index is 0.00362. The van der Waals surface area contributed by atoms with E-state index < -0.39 is 22.1 Å². The molecular weight excluding hydrogens is 440 g/mol. The van der Waals surface area contributed by atoms with Gasteiger partial charge in [-0.25, -0.2) is 17.5 Å². The molecule has 1 fully saturated rings. The molecule has 9 heteroatoms. The first-order valence-electron chi connectivity index (χ1n) is 10.5. The fourth-order valence-electron chi connectivity index (χ4n) is 4.24. The van der Waals surface area contributed by atoms with E-state index >= 15 is 0 Å². The van der Waals surface area contributed by atoms with Crippen molar-refractivity contribution in [1.29, 1.82) is 0 Å². The Morgan fingerprint density at radius 3 is 2.45 bits per heavy atom. The van der Waals surface area contributed by atoms with Crippen molar-refractivity contribution in [3.05, 3.63) is 89.5 Å². The minimum atomic E-state index is -4.10. The van der Waals surface area contributed by atoms with Gasteiger partial charge in [0.05, 0.1) is 17.5 Å². The number of benzene rings is 3. The maximum Gasteiger partial charge on any atom is 0.331 e. The average Bonchev–Trinajstić information content (AvgIpc) is 3.43. The number of urea groups is 1. The standard InChI is InChI=1S/C24H22N4O4S/c25-19-9-6-18(7-10-19)23(29)27-13-12-17-8-11-20(14-22(17)27)33(31,32)28-15-21(26-24(28)30)16-4-2-1-3-5-16/h1-11,14,21H,12-13,15,25H2,(H,26,30)/t21-/m1/s1. The molecule has 2 heterocycles. The SMILES string of the molecule is Nc1ccc(C(=O)N2CCc3ccc(S(=O)(=O)N4C[C@H](c5ccccc5)NC4=O)cc32)cc1. The van der Waals surface area contributed by atoms with Crippen molar-refractivity contribution in [1.82, 2.24) is 9.62 Å². The van der Waals surface area contributed by atoms with Crippen LogP contribution in [0.1, 0.15) is 27.5 Å². The van der Waals surface area contributed by atoms with Crippen LogP contribution in [0.2, 0.25) is 0 Å². The van der Waals surface area contributed by atoms with Crippen molar-refractivity contribution in [3.63, 3.8) is 0 Å². The number of hydrogen-bond donors (Lipinski definition) is 2. The van der Waals surface area contributed by atoms with E-state index in [-0.39, 0.29) is 17.3 Å². The molecule has 3 amide bonds. The summed E-state index contributed by atoms with van der Waals surface area (Å²) < 4.78 is 27.6. The molecule has 0 bridgehead atoms. The van der Waals surface area contributed by atoms with Gasteiger partial charge in [0.2, 0.25) is 0 Å². The Hall–Kier alpha value is -3.85. The third kappa shape index (κ3) is 3.70. The normalized spacial score (nSPS) is 17.7. The van der Waals surface area contributed by atoms with Crippen LogP contribution < -0.4 is 16.0 Å². The van der Waals surface area contributed by atoms with Gasteiger partial charge in [-0.15, -0.1) is 0 Å². The van der Waals surface area contributed by atoms with E-state index in [1.807, 2.05) is 30.3 Å². The molecule has 0 saturated carbocycles. The van der Waals surface area contributed by atoms with E-state index in [1.165, 1.54) is 12.1 Å². The van der Waals surface area contributed by atoms with Crippen LogP contribution in [0, 0.1) is 0 Å². The Bertz CT molecular complexity index is 1340. The van der Waals surface area contributed by atoms with Crippen molar-refractivity contribution >= 4 is 33.3 Å². The number of carbonyl (C=O) groups excluding carboxylic acids is 2.